The summed E-state index contributed by atoms with van der Waals surface area (Å²) in [5.41, 5.74) is 3.64. The lowest BCUT2D eigenvalue weighted by Crippen LogP contribution is -2.31. The first-order valence-electron chi connectivity index (χ1n) is 7.99. The summed E-state index contributed by atoms with van der Waals surface area (Å²) in [5, 5.41) is 7.30. The molecular weight excluding hydrogens is 326 g/mol. The third-order valence-corrected chi connectivity index (χ3v) is 6.03. The Bertz CT molecular complexity index is 840. The molecule has 7 heteroatoms. The fourth-order valence-corrected chi connectivity index (χ4v) is 4.46. The van der Waals surface area contributed by atoms with E-state index in [0.29, 0.717) is 18.5 Å². The number of carbonyl (C=O) groups is 1. The number of amides is 1. The molecule has 1 fully saturated rings. The number of sulfone groups is 1. The van der Waals surface area contributed by atoms with Crippen molar-refractivity contribution < 1.29 is 13.2 Å². The van der Waals surface area contributed by atoms with Crippen molar-refractivity contribution in [2.75, 3.05) is 16.8 Å². The maximum Gasteiger partial charge on any atom is 0.227 e. The van der Waals surface area contributed by atoms with Crippen molar-refractivity contribution in [1.82, 2.24) is 9.78 Å². The third-order valence-electron chi connectivity index (χ3n) is 4.31. The van der Waals surface area contributed by atoms with Gasteiger partial charge in [0.1, 0.15) is 9.84 Å². The number of benzene rings is 1. The van der Waals surface area contributed by atoms with Gasteiger partial charge in [0.15, 0.2) is 0 Å². The van der Waals surface area contributed by atoms with Gasteiger partial charge in [-0.1, -0.05) is 0 Å². The smallest absolute Gasteiger partial charge is 0.227 e. The third kappa shape index (κ3) is 3.67. The lowest BCUT2D eigenvalue weighted by Gasteiger charge is -2.21. The zero-order valence-corrected chi connectivity index (χ0v) is 14.6. The predicted octanol–water partition coefficient (Wildman–Crippen LogP) is 2.25. The normalized spacial score (nSPS) is 17.6. The van der Waals surface area contributed by atoms with E-state index >= 15 is 0 Å². The Morgan fingerprint density at radius 1 is 1.17 bits per heavy atom. The average molecular weight is 347 g/mol. The van der Waals surface area contributed by atoms with E-state index < -0.39 is 9.84 Å². The topological polar surface area (TPSA) is 81.1 Å². The maximum absolute atomic E-state index is 12.3. The van der Waals surface area contributed by atoms with E-state index in [4.69, 9.17) is 0 Å². The minimum Gasteiger partial charge on any atom is -0.326 e. The molecular formula is C17H21N3O3S. The number of aryl methyl sites for hydroxylation is 2. The van der Waals surface area contributed by atoms with E-state index in [0.717, 1.165) is 17.1 Å². The number of carbonyl (C=O) groups excluding carboxylic acids is 1. The van der Waals surface area contributed by atoms with Crippen LogP contribution in [-0.4, -0.2) is 35.6 Å². The molecule has 0 aliphatic carbocycles. The monoisotopic (exact) mass is 347 g/mol. The second-order valence-corrected chi connectivity index (χ2v) is 8.60. The molecule has 1 amide bonds. The van der Waals surface area contributed by atoms with Crippen LogP contribution < -0.4 is 5.32 Å². The molecule has 1 saturated heterocycles. The summed E-state index contributed by atoms with van der Waals surface area (Å²) in [4.78, 5) is 12.3. The van der Waals surface area contributed by atoms with Crippen LogP contribution in [0.25, 0.3) is 5.69 Å². The van der Waals surface area contributed by atoms with E-state index in [2.05, 4.69) is 10.4 Å². The van der Waals surface area contributed by atoms with Gasteiger partial charge in [0.05, 0.1) is 22.9 Å². The summed E-state index contributed by atoms with van der Waals surface area (Å²) in [6, 6.07) is 9.49. The van der Waals surface area contributed by atoms with Gasteiger partial charge in [-0.2, -0.15) is 5.10 Å². The Morgan fingerprint density at radius 2 is 1.79 bits per heavy atom. The standard InChI is InChI=1S/C17H21N3O3S/c1-12-11-13(2)20(19-12)16-5-3-15(4-6-16)18-17(21)14-7-9-24(22,23)10-8-14/h3-6,11,14H,7-10H2,1-2H3,(H,18,21). The quantitative estimate of drug-likeness (QED) is 0.923. The van der Waals surface area contributed by atoms with Crippen LogP contribution >= 0.6 is 0 Å². The molecule has 1 aromatic carbocycles. The van der Waals surface area contributed by atoms with Gasteiger partial charge in [0.2, 0.25) is 5.91 Å². The number of rotatable bonds is 3. The van der Waals surface area contributed by atoms with Gasteiger partial charge in [-0.15, -0.1) is 0 Å². The zero-order chi connectivity index (χ0) is 17.3. The summed E-state index contributed by atoms with van der Waals surface area (Å²) in [6.45, 7) is 3.94. The van der Waals surface area contributed by atoms with Crippen molar-refractivity contribution in [2.45, 2.75) is 26.7 Å². The number of nitrogens with zero attached hydrogens (tertiary/aromatic N) is 2. The number of aromatic nitrogens is 2. The van der Waals surface area contributed by atoms with Crippen LogP contribution in [0.15, 0.2) is 30.3 Å². The van der Waals surface area contributed by atoms with E-state index in [-0.39, 0.29) is 23.3 Å². The van der Waals surface area contributed by atoms with Crippen LogP contribution in [0.5, 0.6) is 0 Å². The molecule has 128 valence electrons. The molecule has 1 N–H and O–H groups in total. The Hall–Kier alpha value is -2.15. The zero-order valence-electron chi connectivity index (χ0n) is 13.8. The molecule has 0 saturated carbocycles. The molecule has 3 rings (SSSR count). The lowest BCUT2D eigenvalue weighted by molar-refractivity contribution is -0.120. The van der Waals surface area contributed by atoms with Gasteiger partial charge in [-0.25, -0.2) is 13.1 Å². The SMILES string of the molecule is Cc1cc(C)n(-c2ccc(NC(=O)C3CCS(=O)(=O)CC3)cc2)n1. The minimum absolute atomic E-state index is 0.0992. The maximum atomic E-state index is 12.3. The van der Waals surface area contributed by atoms with E-state index in [9.17, 15) is 13.2 Å². The predicted molar refractivity (Wildman–Crippen MR) is 93.0 cm³/mol. The number of hydrogen-bond donors (Lipinski definition) is 1. The lowest BCUT2D eigenvalue weighted by atomic mass is 10.0. The van der Waals surface area contributed by atoms with Crippen LogP contribution in [0.4, 0.5) is 5.69 Å². The molecule has 0 radical (unpaired) electrons. The van der Waals surface area contributed by atoms with Gasteiger partial charge in [-0.05, 0) is 57.0 Å². The highest BCUT2D eigenvalue weighted by Gasteiger charge is 2.28. The van der Waals surface area contributed by atoms with Crippen molar-refractivity contribution >= 4 is 21.4 Å². The summed E-state index contributed by atoms with van der Waals surface area (Å²) < 4.78 is 24.7. The van der Waals surface area contributed by atoms with Crippen LogP contribution in [0.1, 0.15) is 24.2 Å². The van der Waals surface area contributed by atoms with E-state index in [1.54, 1.807) is 0 Å². The second-order valence-electron chi connectivity index (χ2n) is 6.30. The number of anilines is 1. The molecule has 1 aliphatic heterocycles. The Balaban J connectivity index is 1.66. The molecule has 0 bridgehead atoms. The molecule has 0 unspecified atom stereocenters. The molecule has 2 heterocycles. The fraction of sp³-hybridized carbons (Fsp3) is 0.412. The molecule has 1 aliphatic rings. The van der Waals surface area contributed by atoms with Crippen molar-refractivity contribution in [3.63, 3.8) is 0 Å². The number of nitrogens with one attached hydrogen (secondary N) is 1. The summed E-state index contributed by atoms with van der Waals surface area (Å²) >= 11 is 0. The highest BCUT2D eigenvalue weighted by molar-refractivity contribution is 7.91. The van der Waals surface area contributed by atoms with Crippen molar-refractivity contribution in [2.24, 2.45) is 5.92 Å². The first kappa shape index (κ1) is 16.7. The average Bonchev–Trinajstić information content (AvgIpc) is 2.86. The van der Waals surface area contributed by atoms with Gasteiger partial charge in [-0.3, -0.25) is 4.79 Å². The van der Waals surface area contributed by atoms with Gasteiger partial charge >= 0.3 is 0 Å². The summed E-state index contributed by atoms with van der Waals surface area (Å²) in [5.74, 6) is -0.142. The Kier molecular flexibility index (Phi) is 4.45. The van der Waals surface area contributed by atoms with Crippen molar-refractivity contribution in [1.29, 1.82) is 0 Å². The molecule has 2 aromatic rings. The van der Waals surface area contributed by atoms with E-state index in [1.165, 1.54) is 0 Å². The first-order chi connectivity index (χ1) is 11.3. The highest BCUT2D eigenvalue weighted by Crippen LogP contribution is 2.21. The molecule has 0 spiro atoms. The second kappa shape index (κ2) is 6.39. The first-order valence-corrected chi connectivity index (χ1v) is 9.81. The van der Waals surface area contributed by atoms with Crippen LogP contribution in [0.2, 0.25) is 0 Å². The fourth-order valence-electron chi connectivity index (χ4n) is 2.97. The highest BCUT2D eigenvalue weighted by atomic mass is 32.2. The van der Waals surface area contributed by atoms with Gasteiger partial charge in [0, 0.05) is 17.3 Å². The Labute approximate surface area is 141 Å². The Morgan fingerprint density at radius 3 is 2.33 bits per heavy atom. The molecule has 0 atom stereocenters. The van der Waals surface area contributed by atoms with Crippen LogP contribution in [-0.2, 0) is 14.6 Å². The van der Waals surface area contributed by atoms with E-state index in [1.807, 2.05) is 48.9 Å². The largest absolute Gasteiger partial charge is 0.326 e. The minimum atomic E-state index is -2.95. The van der Waals surface area contributed by atoms with Crippen LogP contribution in [0.3, 0.4) is 0 Å². The summed E-state index contributed by atoms with van der Waals surface area (Å²) in [6.07, 6.45) is 0.802. The summed E-state index contributed by atoms with van der Waals surface area (Å²) in [7, 11) is -2.95. The molecule has 6 nitrogen and oxygen atoms in total. The molecule has 1 aromatic heterocycles. The van der Waals surface area contributed by atoms with Gasteiger partial charge in [0.25, 0.3) is 0 Å². The van der Waals surface area contributed by atoms with Crippen molar-refractivity contribution in [3.8, 4) is 5.69 Å². The van der Waals surface area contributed by atoms with Crippen LogP contribution in [0, 0.1) is 19.8 Å². The number of hydrogen-bond acceptors (Lipinski definition) is 4. The molecule has 24 heavy (non-hydrogen) atoms. The van der Waals surface area contributed by atoms with Gasteiger partial charge < -0.3 is 5.32 Å². The van der Waals surface area contributed by atoms with Crippen molar-refractivity contribution in [3.05, 3.63) is 41.7 Å².